The third-order valence-electron chi connectivity index (χ3n) is 8.23. The second kappa shape index (κ2) is 9.41. The molecule has 5 rings (SSSR count). The van der Waals surface area contributed by atoms with Crippen LogP contribution in [0.1, 0.15) is 81.4 Å². The second-order valence-electron chi connectivity index (χ2n) is 11.5. The summed E-state index contributed by atoms with van der Waals surface area (Å²) >= 11 is 0. The van der Waals surface area contributed by atoms with E-state index in [1.165, 1.54) is 6.26 Å². The Bertz CT molecular complexity index is 1560. The van der Waals surface area contributed by atoms with Gasteiger partial charge in [0.1, 0.15) is 23.3 Å². The molecule has 1 fully saturated rings. The number of cyclic esters (lactones) is 1. The summed E-state index contributed by atoms with van der Waals surface area (Å²) < 4.78 is 35.3. The van der Waals surface area contributed by atoms with Crippen molar-refractivity contribution in [2.24, 2.45) is 5.73 Å². The van der Waals surface area contributed by atoms with E-state index in [-0.39, 0.29) is 23.2 Å². The van der Waals surface area contributed by atoms with Gasteiger partial charge in [-0.2, -0.15) is 0 Å². The molecule has 0 bridgehead atoms. The van der Waals surface area contributed by atoms with Crippen molar-refractivity contribution in [1.29, 1.82) is 0 Å². The zero-order valence-corrected chi connectivity index (χ0v) is 23.9. The summed E-state index contributed by atoms with van der Waals surface area (Å²) in [7, 11) is -3.09. The van der Waals surface area contributed by atoms with Gasteiger partial charge in [-0.25, -0.2) is 28.2 Å². The summed E-state index contributed by atoms with van der Waals surface area (Å²) in [5.74, 6) is 1.03. The van der Waals surface area contributed by atoms with Gasteiger partial charge in [0.15, 0.2) is 9.84 Å². The van der Waals surface area contributed by atoms with E-state index in [2.05, 4.69) is 15.3 Å². The first-order chi connectivity index (χ1) is 18.2. The standard InChI is InChI=1S/C28H35N5O5S/c1-7-28(5,29)21-14-31-25(37-16-10-17(11-16)39(6,35)36)20-13-30-23(12-19(20)21)32-22-9-8-18-24(33-22)15(2)27(3,4)38-26(18)34/h8-9,12-17H,7,10-11,29H2,1-6H3,(H,30,32,33)/t15-,16?,17?,28?/m1/s1. The number of nitrogens with two attached hydrogens (primary N) is 1. The third-order valence-corrected chi connectivity index (χ3v) is 9.83. The van der Waals surface area contributed by atoms with Gasteiger partial charge in [-0.05, 0) is 56.3 Å². The van der Waals surface area contributed by atoms with E-state index in [1.807, 2.05) is 40.7 Å². The summed E-state index contributed by atoms with van der Waals surface area (Å²) in [6.07, 6.45) is 6.00. The van der Waals surface area contributed by atoms with Gasteiger partial charge in [-0.1, -0.05) is 13.8 Å². The van der Waals surface area contributed by atoms with Gasteiger partial charge in [0.2, 0.25) is 5.88 Å². The van der Waals surface area contributed by atoms with Crippen molar-refractivity contribution in [3.05, 3.63) is 47.4 Å². The molecule has 3 N–H and O–H groups in total. The normalized spacial score (nSPS) is 23.8. The number of ether oxygens (including phenoxy) is 2. The SMILES string of the molecule is CCC(C)(N)c1cnc(OC2CC(S(C)(=O)=O)C2)c2cnc(Nc3ccc4c(n3)[C@@H](C)C(C)(C)OC4=O)cc12. The molecule has 0 saturated heterocycles. The third kappa shape index (κ3) is 5.05. The average Bonchev–Trinajstić information content (AvgIpc) is 2.83. The fourth-order valence-electron chi connectivity index (χ4n) is 4.93. The molecule has 0 spiro atoms. The lowest BCUT2D eigenvalue weighted by Crippen LogP contribution is -2.42. The maximum absolute atomic E-state index is 12.5. The van der Waals surface area contributed by atoms with E-state index in [0.29, 0.717) is 53.4 Å². The Labute approximate surface area is 228 Å². The van der Waals surface area contributed by atoms with Crippen LogP contribution in [-0.4, -0.2) is 52.5 Å². The van der Waals surface area contributed by atoms with E-state index in [9.17, 15) is 13.2 Å². The van der Waals surface area contributed by atoms with Crippen molar-refractivity contribution in [2.45, 2.75) is 82.3 Å². The molecule has 0 aromatic carbocycles. The number of nitrogens with one attached hydrogen (secondary N) is 1. The summed E-state index contributed by atoms with van der Waals surface area (Å²) in [5.41, 5.74) is 7.32. The van der Waals surface area contributed by atoms with Crippen LogP contribution >= 0.6 is 0 Å². The number of aromatic nitrogens is 3. The monoisotopic (exact) mass is 553 g/mol. The Morgan fingerprint density at radius 3 is 2.56 bits per heavy atom. The molecular weight excluding hydrogens is 518 g/mol. The number of fused-ring (bicyclic) bond motifs is 2. The Balaban J connectivity index is 1.49. The van der Waals surface area contributed by atoms with Crippen molar-refractivity contribution in [3.63, 3.8) is 0 Å². The first kappa shape index (κ1) is 27.3. The lowest BCUT2D eigenvalue weighted by molar-refractivity contribution is -0.0189. The minimum atomic E-state index is -3.09. The van der Waals surface area contributed by atoms with Crippen LogP contribution in [0, 0.1) is 0 Å². The number of anilines is 2. The molecule has 0 radical (unpaired) electrons. The maximum Gasteiger partial charge on any atom is 0.340 e. The van der Waals surface area contributed by atoms with Gasteiger partial charge in [-0.3, -0.25) is 0 Å². The Morgan fingerprint density at radius 1 is 1.18 bits per heavy atom. The van der Waals surface area contributed by atoms with Crippen LogP contribution in [0.25, 0.3) is 10.8 Å². The van der Waals surface area contributed by atoms with Gasteiger partial charge < -0.3 is 20.5 Å². The van der Waals surface area contributed by atoms with Crippen LogP contribution in [0.4, 0.5) is 11.6 Å². The van der Waals surface area contributed by atoms with Gasteiger partial charge in [0.05, 0.1) is 21.9 Å². The maximum atomic E-state index is 12.5. The van der Waals surface area contributed by atoms with Crippen LogP contribution in [0.2, 0.25) is 0 Å². The van der Waals surface area contributed by atoms with E-state index < -0.39 is 21.0 Å². The Morgan fingerprint density at radius 2 is 1.90 bits per heavy atom. The molecule has 2 atom stereocenters. The van der Waals surface area contributed by atoms with Crippen LogP contribution in [0.5, 0.6) is 5.88 Å². The van der Waals surface area contributed by atoms with Crippen molar-refractivity contribution >= 4 is 38.2 Å². The van der Waals surface area contributed by atoms with Gasteiger partial charge in [-0.15, -0.1) is 0 Å². The fourth-order valence-corrected chi connectivity index (χ4v) is 6.06. The number of rotatable bonds is 7. The molecule has 11 heteroatoms. The highest BCUT2D eigenvalue weighted by Gasteiger charge is 2.40. The molecule has 208 valence electrons. The van der Waals surface area contributed by atoms with E-state index in [4.69, 9.17) is 20.2 Å². The second-order valence-corrected chi connectivity index (χ2v) is 13.8. The molecule has 3 aromatic rings. The quantitative estimate of drug-likeness (QED) is 0.405. The average molecular weight is 554 g/mol. The zero-order chi connectivity index (χ0) is 28.3. The molecule has 39 heavy (non-hydrogen) atoms. The van der Waals surface area contributed by atoms with Crippen molar-refractivity contribution in [2.75, 3.05) is 11.6 Å². The van der Waals surface area contributed by atoms with Crippen molar-refractivity contribution in [1.82, 2.24) is 15.0 Å². The van der Waals surface area contributed by atoms with Crippen molar-refractivity contribution in [3.8, 4) is 5.88 Å². The van der Waals surface area contributed by atoms with Crippen LogP contribution < -0.4 is 15.8 Å². The molecule has 4 heterocycles. The lowest BCUT2D eigenvalue weighted by atomic mass is 9.84. The molecule has 1 saturated carbocycles. The summed E-state index contributed by atoms with van der Waals surface area (Å²) in [6.45, 7) is 9.71. The molecule has 1 unspecified atom stereocenters. The molecule has 0 amide bonds. The molecule has 3 aromatic heterocycles. The number of nitrogens with zero attached hydrogens (tertiary/aromatic N) is 3. The minimum absolute atomic E-state index is 0.0924. The van der Waals surface area contributed by atoms with Gasteiger partial charge in [0.25, 0.3) is 0 Å². The molecule has 10 nitrogen and oxygen atoms in total. The fraction of sp³-hybridized carbons (Fsp3) is 0.500. The highest BCUT2D eigenvalue weighted by Crippen LogP contribution is 2.39. The molecule has 2 aliphatic rings. The van der Waals surface area contributed by atoms with Gasteiger partial charge >= 0.3 is 5.97 Å². The molecule has 1 aliphatic carbocycles. The molecular formula is C28H35N5O5S. The highest BCUT2D eigenvalue weighted by atomic mass is 32.2. The number of carbonyl (C=O) groups excluding carboxylic acids is 1. The number of esters is 1. The van der Waals surface area contributed by atoms with E-state index in [1.54, 1.807) is 24.5 Å². The van der Waals surface area contributed by atoms with E-state index >= 15 is 0 Å². The van der Waals surface area contributed by atoms with Gasteiger partial charge in [0, 0.05) is 42.9 Å². The molecule has 1 aliphatic heterocycles. The number of carbonyl (C=O) groups is 1. The number of sulfone groups is 1. The Hall–Kier alpha value is -3.31. The summed E-state index contributed by atoms with van der Waals surface area (Å²) in [4.78, 5) is 26.4. The van der Waals surface area contributed by atoms with Crippen LogP contribution in [-0.2, 0) is 20.1 Å². The smallest absolute Gasteiger partial charge is 0.340 e. The first-order valence-electron chi connectivity index (χ1n) is 13.1. The van der Waals surface area contributed by atoms with Crippen molar-refractivity contribution < 1.29 is 22.7 Å². The largest absolute Gasteiger partial charge is 0.474 e. The number of hydrogen-bond donors (Lipinski definition) is 2. The lowest BCUT2D eigenvalue weighted by Gasteiger charge is -2.36. The first-order valence-corrected chi connectivity index (χ1v) is 15.1. The number of pyridine rings is 3. The minimum Gasteiger partial charge on any atom is -0.474 e. The topological polar surface area (TPSA) is 146 Å². The summed E-state index contributed by atoms with van der Waals surface area (Å²) in [5, 5.41) is 4.42. The highest BCUT2D eigenvalue weighted by molar-refractivity contribution is 7.91. The van der Waals surface area contributed by atoms with E-state index in [0.717, 1.165) is 10.9 Å². The Kier molecular flexibility index (Phi) is 6.58. The van der Waals surface area contributed by atoms with Crippen LogP contribution in [0.3, 0.4) is 0 Å². The zero-order valence-electron chi connectivity index (χ0n) is 23.1. The van der Waals surface area contributed by atoms with Crippen LogP contribution in [0.15, 0.2) is 30.6 Å². The number of hydrogen-bond acceptors (Lipinski definition) is 10. The predicted octanol–water partition coefficient (Wildman–Crippen LogP) is 4.36. The summed E-state index contributed by atoms with van der Waals surface area (Å²) in [6, 6.07) is 5.34. The predicted molar refractivity (Wildman–Crippen MR) is 149 cm³/mol.